The van der Waals surface area contributed by atoms with Crippen molar-refractivity contribution in [2.24, 2.45) is 0 Å². The van der Waals surface area contributed by atoms with Crippen LogP contribution >= 0.6 is 11.6 Å². The predicted molar refractivity (Wildman–Crippen MR) is 65.2 cm³/mol. The molecule has 0 radical (unpaired) electrons. The van der Waals surface area contributed by atoms with Crippen LogP contribution < -0.4 is 0 Å². The van der Waals surface area contributed by atoms with E-state index in [1.807, 2.05) is 12.1 Å². The van der Waals surface area contributed by atoms with Gasteiger partial charge in [0.15, 0.2) is 0 Å². The monoisotopic (exact) mass is 246 g/mol. The Bertz CT molecular complexity index is 384. The molecule has 1 aliphatic carbocycles. The van der Waals surface area contributed by atoms with Crippen molar-refractivity contribution in [2.45, 2.75) is 25.2 Å². The first-order valence-electron chi connectivity index (χ1n) is 4.94. The number of benzene rings is 1. The van der Waals surface area contributed by atoms with Gasteiger partial charge in [0.1, 0.15) is 11.6 Å². The van der Waals surface area contributed by atoms with E-state index in [2.05, 4.69) is 0 Å². The molecular formula is C12H12ClNaO2. The van der Waals surface area contributed by atoms with Crippen molar-refractivity contribution in [1.29, 1.82) is 0 Å². The van der Waals surface area contributed by atoms with Gasteiger partial charge in [0.05, 0.1) is 6.42 Å². The van der Waals surface area contributed by atoms with Crippen molar-refractivity contribution in [1.82, 2.24) is 0 Å². The van der Waals surface area contributed by atoms with Crippen molar-refractivity contribution < 1.29 is 9.59 Å². The number of hydrogen-bond donors (Lipinski definition) is 0. The zero-order chi connectivity index (χ0) is 10.8. The summed E-state index contributed by atoms with van der Waals surface area (Å²) < 4.78 is 0. The fourth-order valence-electron chi connectivity index (χ4n) is 1.96. The number of hydrogen-bond acceptors (Lipinski definition) is 2. The van der Waals surface area contributed by atoms with Crippen LogP contribution in [0, 0.1) is 0 Å². The molecule has 0 aromatic heterocycles. The van der Waals surface area contributed by atoms with E-state index in [0.717, 1.165) is 5.56 Å². The Kier molecular flexibility index (Phi) is 5.19. The van der Waals surface area contributed by atoms with E-state index in [0.29, 0.717) is 17.9 Å². The molecule has 4 heteroatoms. The molecule has 1 aromatic rings. The zero-order valence-corrected chi connectivity index (χ0v) is 8.96. The molecule has 1 fully saturated rings. The molecule has 1 aliphatic rings. The second-order valence-corrected chi connectivity index (χ2v) is 4.35. The third-order valence-corrected chi connectivity index (χ3v) is 2.94. The molecule has 0 unspecified atom stereocenters. The van der Waals surface area contributed by atoms with E-state index in [9.17, 15) is 9.59 Å². The Morgan fingerprint density at radius 1 is 1.00 bits per heavy atom. The molecule has 0 atom stereocenters. The summed E-state index contributed by atoms with van der Waals surface area (Å²) in [5.74, 6) is 0.147. The Morgan fingerprint density at radius 3 is 2.00 bits per heavy atom. The van der Waals surface area contributed by atoms with Gasteiger partial charge < -0.3 is 0 Å². The van der Waals surface area contributed by atoms with Crippen LogP contribution in [0.5, 0.6) is 0 Å². The van der Waals surface area contributed by atoms with Crippen molar-refractivity contribution in [3.8, 4) is 0 Å². The Morgan fingerprint density at radius 2 is 1.50 bits per heavy atom. The maximum absolute atomic E-state index is 11.3. The van der Waals surface area contributed by atoms with Crippen LogP contribution in [0.3, 0.4) is 0 Å². The van der Waals surface area contributed by atoms with Crippen molar-refractivity contribution >= 4 is 52.7 Å². The number of carbonyl (C=O) groups is 2. The SMILES string of the molecule is O=C1CC(=O)CC(c2ccc(Cl)cc2)C1.[NaH]. The standard InChI is InChI=1S/C12H11ClO2.Na.H/c13-10-3-1-8(2-4-10)9-5-11(14)7-12(15)6-9;;/h1-4,9H,5-7H2;;. The molecule has 1 saturated carbocycles. The van der Waals surface area contributed by atoms with Crippen molar-refractivity contribution in [3.05, 3.63) is 34.9 Å². The van der Waals surface area contributed by atoms with Crippen LogP contribution in [0.15, 0.2) is 24.3 Å². The van der Waals surface area contributed by atoms with Crippen LogP contribution in [-0.4, -0.2) is 41.1 Å². The van der Waals surface area contributed by atoms with Gasteiger partial charge in [-0.1, -0.05) is 23.7 Å². The normalized spacial score (nSPS) is 17.1. The summed E-state index contributed by atoms with van der Waals surface area (Å²) >= 11 is 5.77. The second-order valence-electron chi connectivity index (χ2n) is 3.91. The van der Waals surface area contributed by atoms with Crippen LogP contribution in [0.25, 0.3) is 0 Å². The van der Waals surface area contributed by atoms with Gasteiger partial charge in [0.2, 0.25) is 0 Å². The molecule has 0 bridgehead atoms. The molecule has 0 saturated heterocycles. The van der Waals surface area contributed by atoms with E-state index in [4.69, 9.17) is 11.6 Å². The fraction of sp³-hybridized carbons (Fsp3) is 0.333. The molecule has 0 heterocycles. The van der Waals surface area contributed by atoms with Crippen LogP contribution in [0.2, 0.25) is 5.02 Å². The molecule has 16 heavy (non-hydrogen) atoms. The number of rotatable bonds is 1. The molecule has 80 valence electrons. The average molecular weight is 247 g/mol. The van der Waals surface area contributed by atoms with Crippen molar-refractivity contribution in [2.75, 3.05) is 0 Å². The van der Waals surface area contributed by atoms with E-state index >= 15 is 0 Å². The van der Waals surface area contributed by atoms with Gasteiger partial charge in [-0.25, -0.2) is 0 Å². The topological polar surface area (TPSA) is 34.1 Å². The van der Waals surface area contributed by atoms with Gasteiger partial charge in [-0.3, -0.25) is 9.59 Å². The maximum atomic E-state index is 11.3. The van der Waals surface area contributed by atoms with Gasteiger partial charge in [-0.2, -0.15) is 0 Å². The Balaban J connectivity index is 0.00000128. The zero-order valence-electron chi connectivity index (χ0n) is 8.20. The first kappa shape index (κ1) is 13.9. The molecule has 0 amide bonds. The third-order valence-electron chi connectivity index (χ3n) is 2.68. The predicted octanol–water partition coefficient (Wildman–Crippen LogP) is 2.10. The van der Waals surface area contributed by atoms with Gasteiger partial charge in [-0.05, 0) is 23.6 Å². The third kappa shape index (κ3) is 3.42. The molecule has 0 aliphatic heterocycles. The number of carbonyl (C=O) groups excluding carboxylic acids is 2. The number of Topliss-reactive ketones (excluding diaryl/α,β-unsaturated/α-hetero) is 2. The van der Waals surface area contributed by atoms with Crippen LogP contribution in [0.1, 0.15) is 30.7 Å². The summed E-state index contributed by atoms with van der Waals surface area (Å²) in [4.78, 5) is 22.6. The number of halogens is 1. The summed E-state index contributed by atoms with van der Waals surface area (Å²) in [6.45, 7) is 0. The van der Waals surface area contributed by atoms with Crippen LogP contribution in [-0.2, 0) is 9.59 Å². The molecule has 2 nitrogen and oxygen atoms in total. The minimum atomic E-state index is 0. The van der Waals surface area contributed by atoms with Gasteiger partial charge >= 0.3 is 29.6 Å². The molecule has 0 spiro atoms. The summed E-state index contributed by atoms with van der Waals surface area (Å²) in [6.07, 6.45) is 1.07. The molecule has 0 N–H and O–H groups in total. The Hall–Kier alpha value is -0.150. The fourth-order valence-corrected chi connectivity index (χ4v) is 2.08. The average Bonchev–Trinajstić information content (AvgIpc) is 2.17. The summed E-state index contributed by atoms with van der Waals surface area (Å²) in [6, 6.07) is 7.36. The summed E-state index contributed by atoms with van der Waals surface area (Å²) in [7, 11) is 0. The summed E-state index contributed by atoms with van der Waals surface area (Å²) in [5.41, 5.74) is 1.03. The van der Waals surface area contributed by atoms with Gasteiger partial charge in [0, 0.05) is 17.9 Å². The van der Waals surface area contributed by atoms with Gasteiger partial charge in [-0.15, -0.1) is 0 Å². The minimum absolute atomic E-state index is 0. The quantitative estimate of drug-likeness (QED) is 0.562. The molecular weight excluding hydrogens is 235 g/mol. The van der Waals surface area contributed by atoms with E-state index < -0.39 is 0 Å². The molecule has 2 rings (SSSR count). The first-order chi connectivity index (χ1) is 7.15. The van der Waals surface area contributed by atoms with Gasteiger partial charge in [0.25, 0.3) is 0 Å². The molecule has 1 aromatic carbocycles. The van der Waals surface area contributed by atoms with Crippen LogP contribution in [0.4, 0.5) is 0 Å². The second kappa shape index (κ2) is 5.97. The van der Waals surface area contributed by atoms with E-state index in [1.165, 1.54) is 0 Å². The van der Waals surface area contributed by atoms with E-state index in [-0.39, 0.29) is 53.5 Å². The van der Waals surface area contributed by atoms with E-state index in [1.54, 1.807) is 12.1 Å². The first-order valence-corrected chi connectivity index (χ1v) is 5.32. The summed E-state index contributed by atoms with van der Waals surface area (Å²) in [5, 5.41) is 0.673. The Labute approximate surface area is 122 Å². The van der Waals surface area contributed by atoms with Crippen molar-refractivity contribution in [3.63, 3.8) is 0 Å². The number of ketones is 2.